The summed E-state index contributed by atoms with van der Waals surface area (Å²) in [5.74, 6) is 0.325. The Balaban J connectivity index is 1.76. The van der Waals surface area contributed by atoms with Gasteiger partial charge >= 0.3 is 0 Å². The molecular formula is C23H17Cl2N5OS. The van der Waals surface area contributed by atoms with Crippen LogP contribution in [0.15, 0.2) is 89.1 Å². The van der Waals surface area contributed by atoms with E-state index in [0.29, 0.717) is 26.6 Å². The normalized spacial score (nSPS) is 11.4. The number of carbonyl (C=O) groups is 1. The lowest BCUT2D eigenvalue weighted by Gasteiger charge is -2.11. The highest BCUT2D eigenvalue weighted by Gasteiger charge is 2.21. The second-order valence-electron chi connectivity index (χ2n) is 6.65. The van der Waals surface area contributed by atoms with Crippen LogP contribution in [0.1, 0.15) is 6.92 Å². The second kappa shape index (κ2) is 9.99. The van der Waals surface area contributed by atoms with Gasteiger partial charge < -0.3 is 0 Å². The molecule has 1 heterocycles. The first-order chi connectivity index (χ1) is 15.5. The predicted molar refractivity (Wildman–Crippen MR) is 131 cm³/mol. The van der Waals surface area contributed by atoms with E-state index in [0.717, 1.165) is 23.1 Å². The van der Waals surface area contributed by atoms with Gasteiger partial charge in [0.05, 0.1) is 10.7 Å². The van der Waals surface area contributed by atoms with Crippen molar-refractivity contribution >= 4 is 51.5 Å². The summed E-state index contributed by atoms with van der Waals surface area (Å²) in [5.41, 5.74) is 5.17. The Labute approximate surface area is 199 Å². The van der Waals surface area contributed by atoms with Crippen molar-refractivity contribution in [3.63, 3.8) is 0 Å². The molecule has 6 nitrogen and oxygen atoms in total. The Morgan fingerprint density at radius 3 is 2.31 bits per heavy atom. The van der Waals surface area contributed by atoms with Gasteiger partial charge in [-0.05, 0) is 54.2 Å². The molecule has 1 N–H and O–H groups in total. The maximum atomic E-state index is 12.3. The lowest BCUT2D eigenvalue weighted by Crippen LogP contribution is -2.10. The van der Waals surface area contributed by atoms with Gasteiger partial charge in [0.25, 0.3) is 0 Å². The number of ketones is 1. The summed E-state index contributed by atoms with van der Waals surface area (Å²) in [7, 11) is 0. The quantitative estimate of drug-likeness (QED) is 0.150. The highest BCUT2D eigenvalue weighted by molar-refractivity contribution is 8.15. The summed E-state index contributed by atoms with van der Waals surface area (Å²) in [6, 6.07) is 24.2. The minimum atomic E-state index is -0.202. The van der Waals surface area contributed by atoms with E-state index in [4.69, 9.17) is 23.2 Å². The molecule has 3 aromatic carbocycles. The average Bonchev–Trinajstić information content (AvgIpc) is 3.21. The van der Waals surface area contributed by atoms with Crippen LogP contribution in [-0.4, -0.2) is 25.6 Å². The van der Waals surface area contributed by atoms with Gasteiger partial charge in [0.15, 0.2) is 16.7 Å². The standard InChI is InChI=1S/C23H17Cl2N5OS/c1-15(31)22(28-26-17-8-4-2-5-9-17)32-23-29-27-21(19-13-12-16(24)14-20(19)25)30(23)18-10-6-3-7-11-18/h2-14,26H,1H3/b28-22+. The molecule has 32 heavy (non-hydrogen) atoms. The minimum Gasteiger partial charge on any atom is -0.292 e. The molecule has 0 aliphatic heterocycles. The highest BCUT2D eigenvalue weighted by Crippen LogP contribution is 2.34. The largest absolute Gasteiger partial charge is 0.292 e. The summed E-state index contributed by atoms with van der Waals surface area (Å²) >= 11 is 13.6. The van der Waals surface area contributed by atoms with E-state index >= 15 is 0 Å². The summed E-state index contributed by atoms with van der Waals surface area (Å²) < 4.78 is 1.83. The van der Waals surface area contributed by atoms with Crippen LogP contribution < -0.4 is 5.43 Å². The first kappa shape index (κ1) is 22.1. The number of thioether (sulfide) groups is 1. The van der Waals surface area contributed by atoms with Crippen LogP contribution in [0, 0.1) is 0 Å². The first-order valence-electron chi connectivity index (χ1n) is 9.56. The van der Waals surface area contributed by atoms with E-state index in [1.165, 1.54) is 6.92 Å². The number of hydrazone groups is 1. The number of halogens is 2. The van der Waals surface area contributed by atoms with E-state index in [2.05, 4.69) is 20.7 Å². The lowest BCUT2D eigenvalue weighted by molar-refractivity contribution is -0.110. The fourth-order valence-electron chi connectivity index (χ4n) is 2.88. The van der Waals surface area contributed by atoms with Crippen molar-refractivity contribution in [1.29, 1.82) is 0 Å². The van der Waals surface area contributed by atoms with Crippen molar-refractivity contribution in [1.82, 2.24) is 14.8 Å². The summed E-state index contributed by atoms with van der Waals surface area (Å²) in [5, 5.41) is 14.7. The predicted octanol–water partition coefficient (Wildman–Crippen LogP) is 6.35. The number of nitrogens with zero attached hydrogens (tertiary/aromatic N) is 4. The maximum Gasteiger partial charge on any atom is 0.202 e. The van der Waals surface area contributed by atoms with Crippen molar-refractivity contribution in [2.75, 3.05) is 5.43 Å². The summed E-state index contributed by atoms with van der Waals surface area (Å²) in [6.45, 7) is 1.46. The molecule has 0 saturated heterocycles. The molecule has 0 aliphatic carbocycles. The molecule has 0 unspecified atom stereocenters. The number of nitrogens with one attached hydrogen (secondary N) is 1. The number of rotatable bonds is 6. The molecule has 0 aliphatic rings. The number of para-hydroxylation sites is 2. The Morgan fingerprint density at radius 1 is 0.969 bits per heavy atom. The molecule has 4 rings (SSSR count). The van der Waals surface area contributed by atoms with Gasteiger partial charge in [-0.15, -0.1) is 10.2 Å². The molecule has 1 aromatic heterocycles. The average molecular weight is 482 g/mol. The Bertz CT molecular complexity index is 1280. The summed E-state index contributed by atoms with van der Waals surface area (Å²) in [4.78, 5) is 12.3. The van der Waals surface area contributed by atoms with Crippen LogP contribution in [0.4, 0.5) is 5.69 Å². The third kappa shape index (κ3) is 5.02. The Hall–Kier alpha value is -3.13. The van der Waals surface area contributed by atoms with Gasteiger partial charge in [-0.25, -0.2) is 0 Å². The molecule has 160 valence electrons. The lowest BCUT2D eigenvalue weighted by atomic mass is 10.2. The van der Waals surface area contributed by atoms with Crippen molar-refractivity contribution in [2.45, 2.75) is 12.1 Å². The molecular weight excluding hydrogens is 465 g/mol. The topological polar surface area (TPSA) is 72.2 Å². The number of anilines is 1. The first-order valence-corrected chi connectivity index (χ1v) is 11.1. The zero-order valence-corrected chi connectivity index (χ0v) is 19.2. The Morgan fingerprint density at radius 2 is 1.66 bits per heavy atom. The van der Waals surface area contributed by atoms with E-state index < -0.39 is 0 Å². The van der Waals surface area contributed by atoms with Crippen molar-refractivity contribution in [3.8, 4) is 17.1 Å². The van der Waals surface area contributed by atoms with E-state index in [9.17, 15) is 4.79 Å². The zero-order valence-electron chi connectivity index (χ0n) is 16.9. The number of aromatic nitrogens is 3. The number of Topliss-reactive ketones (excluding diaryl/α,β-unsaturated/α-hetero) is 1. The highest BCUT2D eigenvalue weighted by atomic mass is 35.5. The zero-order chi connectivity index (χ0) is 22.5. The number of hydrogen-bond donors (Lipinski definition) is 1. The van der Waals surface area contributed by atoms with Gasteiger partial charge in [-0.2, -0.15) is 5.10 Å². The monoisotopic (exact) mass is 481 g/mol. The molecule has 4 aromatic rings. The molecule has 0 spiro atoms. The third-order valence-corrected chi connectivity index (χ3v) is 5.94. The van der Waals surface area contributed by atoms with Crippen molar-refractivity contribution < 1.29 is 4.79 Å². The van der Waals surface area contributed by atoms with Gasteiger partial charge in [-0.3, -0.25) is 14.8 Å². The van der Waals surface area contributed by atoms with Crippen LogP contribution in [0.2, 0.25) is 10.0 Å². The van der Waals surface area contributed by atoms with Crippen molar-refractivity contribution in [3.05, 3.63) is 88.9 Å². The van der Waals surface area contributed by atoms with E-state index in [1.54, 1.807) is 18.2 Å². The van der Waals surface area contributed by atoms with Gasteiger partial charge in [0, 0.05) is 23.2 Å². The maximum absolute atomic E-state index is 12.3. The Kier molecular flexibility index (Phi) is 6.90. The number of hydrogen-bond acceptors (Lipinski definition) is 6. The van der Waals surface area contributed by atoms with Crippen LogP contribution in [0.3, 0.4) is 0 Å². The van der Waals surface area contributed by atoms with Gasteiger partial charge in [0.1, 0.15) is 0 Å². The van der Waals surface area contributed by atoms with Crippen LogP contribution >= 0.6 is 35.0 Å². The fraction of sp³-hybridized carbons (Fsp3) is 0.0435. The third-order valence-electron chi connectivity index (χ3n) is 4.37. The van der Waals surface area contributed by atoms with Crippen LogP contribution in [0.25, 0.3) is 17.1 Å². The van der Waals surface area contributed by atoms with E-state index in [1.807, 2.05) is 65.2 Å². The minimum absolute atomic E-state index is 0.202. The second-order valence-corrected chi connectivity index (χ2v) is 8.45. The molecule has 0 radical (unpaired) electrons. The van der Waals surface area contributed by atoms with Crippen molar-refractivity contribution in [2.24, 2.45) is 5.10 Å². The smallest absolute Gasteiger partial charge is 0.202 e. The van der Waals surface area contributed by atoms with Crippen LogP contribution in [0.5, 0.6) is 0 Å². The molecule has 0 saturated carbocycles. The molecule has 0 bridgehead atoms. The van der Waals surface area contributed by atoms with E-state index in [-0.39, 0.29) is 10.8 Å². The van der Waals surface area contributed by atoms with Gasteiger partial charge in [0.2, 0.25) is 5.16 Å². The molecule has 9 heteroatoms. The number of benzene rings is 3. The molecule has 0 fully saturated rings. The van der Waals surface area contributed by atoms with Crippen LogP contribution in [-0.2, 0) is 4.79 Å². The SMILES string of the molecule is CC(=O)/C(=N\Nc1ccccc1)Sc1nnc(-c2ccc(Cl)cc2Cl)n1-c1ccccc1. The van der Waals surface area contributed by atoms with Gasteiger partial charge in [-0.1, -0.05) is 59.6 Å². The fourth-order valence-corrected chi connectivity index (χ4v) is 4.14. The summed E-state index contributed by atoms with van der Waals surface area (Å²) in [6.07, 6.45) is 0. The molecule has 0 amide bonds. The molecule has 0 atom stereocenters. The number of carbonyl (C=O) groups excluding carboxylic acids is 1.